The quantitative estimate of drug-likeness (QED) is 0.840. The van der Waals surface area contributed by atoms with Gasteiger partial charge in [0.2, 0.25) is 0 Å². The number of carbonyl (C=O) groups is 1. The number of amides is 2. The van der Waals surface area contributed by atoms with Crippen LogP contribution in [0.25, 0.3) is 0 Å². The molecule has 2 fully saturated rings. The van der Waals surface area contributed by atoms with E-state index in [1.807, 2.05) is 25.1 Å². The summed E-state index contributed by atoms with van der Waals surface area (Å²) in [5.74, 6) is 0.557. The Morgan fingerprint density at radius 3 is 2.57 bits per heavy atom. The van der Waals surface area contributed by atoms with E-state index < -0.39 is 0 Å². The van der Waals surface area contributed by atoms with Gasteiger partial charge in [-0.1, -0.05) is 60.7 Å². The van der Waals surface area contributed by atoms with Crippen molar-refractivity contribution in [1.29, 1.82) is 0 Å². The number of rotatable bonds is 5. The second kappa shape index (κ2) is 8.36. The number of hydrogen-bond donors (Lipinski definition) is 1. The number of carbonyl (C=O) groups excluding carboxylic acids is 1. The van der Waals surface area contributed by atoms with Crippen molar-refractivity contribution in [3.63, 3.8) is 0 Å². The van der Waals surface area contributed by atoms with Crippen molar-refractivity contribution in [3.8, 4) is 0 Å². The van der Waals surface area contributed by atoms with Gasteiger partial charge in [-0.05, 0) is 43.2 Å². The van der Waals surface area contributed by atoms with E-state index in [4.69, 9.17) is 4.74 Å². The minimum Gasteiger partial charge on any atom is -0.381 e. The van der Waals surface area contributed by atoms with E-state index in [1.54, 1.807) is 0 Å². The van der Waals surface area contributed by atoms with E-state index in [0.29, 0.717) is 19.0 Å². The summed E-state index contributed by atoms with van der Waals surface area (Å²) in [7, 11) is 0. The molecular formula is C24H30N2O2. The summed E-state index contributed by atoms with van der Waals surface area (Å²) in [5.41, 5.74) is 2.55. The van der Waals surface area contributed by atoms with Gasteiger partial charge in [0.25, 0.3) is 0 Å². The Labute approximate surface area is 167 Å². The molecule has 2 aromatic carbocycles. The van der Waals surface area contributed by atoms with Crippen molar-refractivity contribution >= 4 is 6.03 Å². The summed E-state index contributed by atoms with van der Waals surface area (Å²) >= 11 is 0. The first kappa shape index (κ1) is 19.0. The summed E-state index contributed by atoms with van der Waals surface area (Å²) in [4.78, 5) is 15.0. The van der Waals surface area contributed by atoms with Gasteiger partial charge in [-0.3, -0.25) is 0 Å². The van der Waals surface area contributed by atoms with Crippen LogP contribution in [0.15, 0.2) is 60.7 Å². The Morgan fingerprint density at radius 2 is 1.86 bits per heavy atom. The van der Waals surface area contributed by atoms with Gasteiger partial charge in [0.15, 0.2) is 0 Å². The highest BCUT2D eigenvalue weighted by atomic mass is 16.5. The van der Waals surface area contributed by atoms with Crippen LogP contribution < -0.4 is 5.32 Å². The van der Waals surface area contributed by atoms with Crippen LogP contribution in [0.2, 0.25) is 0 Å². The highest BCUT2D eigenvalue weighted by Gasteiger charge is 2.52. The molecule has 2 aromatic rings. The van der Waals surface area contributed by atoms with Gasteiger partial charge in [0.05, 0.1) is 6.61 Å². The number of nitrogens with zero attached hydrogens (tertiary/aromatic N) is 1. The zero-order chi connectivity index (χ0) is 19.4. The fourth-order valence-electron chi connectivity index (χ4n) is 5.12. The minimum atomic E-state index is 0.0195. The Morgan fingerprint density at radius 1 is 1.14 bits per heavy atom. The highest BCUT2D eigenvalue weighted by Crippen LogP contribution is 2.51. The predicted molar refractivity (Wildman–Crippen MR) is 111 cm³/mol. The molecule has 1 heterocycles. The molecule has 0 unspecified atom stereocenters. The van der Waals surface area contributed by atoms with Crippen molar-refractivity contribution in [1.82, 2.24) is 10.2 Å². The molecular weight excluding hydrogens is 348 g/mol. The van der Waals surface area contributed by atoms with Crippen LogP contribution in [0.4, 0.5) is 4.79 Å². The zero-order valence-electron chi connectivity index (χ0n) is 16.6. The van der Waals surface area contributed by atoms with Crippen molar-refractivity contribution in [2.24, 2.45) is 5.92 Å². The number of nitrogens with one attached hydrogen (secondary N) is 1. The van der Waals surface area contributed by atoms with Gasteiger partial charge < -0.3 is 15.0 Å². The molecule has 1 saturated carbocycles. The van der Waals surface area contributed by atoms with E-state index in [9.17, 15) is 4.79 Å². The van der Waals surface area contributed by atoms with Crippen LogP contribution in [0.3, 0.4) is 0 Å². The lowest BCUT2D eigenvalue weighted by Gasteiger charge is -2.40. The molecule has 1 N–H and O–H groups in total. The molecule has 2 aliphatic rings. The number of benzene rings is 2. The number of hydrogen-bond acceptors (Lipinski definition) is 2. The number of fused-ring (bicyclic) bond motifs is 1. The molecule has 0 aromatic heterocycles. The van der Waals surface area contributed by atoms with Crippen molar-refractivity contribution in [2.45, 2.75) is 44.2 Å². The fraction of sp³-hybridized carbons (Fsp3) is 0.458. The maximum Gasteiger partial charge on any atom is 0.317 e. The van der Waals surface area contributed by atoms with Crippen LogP contribution in [0, 0.1) is 5.92 Å². The summed E-state index contributed by atoms with van der Waals surface area (Å²) < 4.78 is 5.98. The molecule has 1 aliphatic heterocycles. The van der Waals surface area contributed by atoms with Gasteiger partial charge >= 0.3 is 6.03 Å². The van der Waals surface area contributed by atoms with Crippen LogP contribution in [0.5, 0.6) is 0 Å². The third-order valence-corrected chi connectivity index (χ3v) is 6.48. The van der Waals surface area contributed by atoms with E-state index >= 15 is 0 Å². The third-order valence-electron chi connectivity index (χ3n) is 6.48. The number of urea groups is 1. The topological polar surface area (TPSA) is 41.6 Å². The Balaban J connectivity index is 1.63. The molecule has 4 rings (SSSR count). The first-order valence-corrected chi connectivity index (χ1v) is 10.4. The molecule has 0 bridgehead atoms. The second-order valence-corrected chi connectivity index (χ2v) is 8.10. The smallest absolute Gasteiger partial charge is 0.317 e. The lowest BCUT2D eigenvalue weighted by molar-refractivity contribution is 0.00740. The Kier molecular flexibility index (Phi) is 5.67. The Hall–Kier alpha value is -2.33. The average molecular weight is 379 g/mol. The summed E-state index contributed by atoms with van der Waals surface area (Å²) in [6.07, 6.45) is 3.08. The van der Waals surface area contributed by atoms with Gasteiger partial charge in [-0.25, -0.2) is 4.79 Å². The van der Waals surface area contributed by atoms with E-state index in [1.165, 1.54) is 11.1 Å². The molecule has 2 amide bonds. The highest BCUT2D eigenvalue weighted by molar-refractivity contribution is 5.74. The van der Waals surface area contributed by atoms with Crippen molar-refractivity contribution < 1.29 is 9.53 Å². The first-order valence-electron chi connectivity index (χ1n) is 10.4. The SMILES string of the molecule is CCNC(=O)N(Cc1ccccc1)[C@H]1C[C@H]2CCOC[C@@]2(c2ccccc2)C1. The summed E-state index contributed by atoms with van der Waals surface area (Å²) in [5, 5.41) is 3.03. The normalized spacial score (nSPS) is 26.5. The van der Waals surface area contributed by atoms with Crippen LogP contribution in [-0.4, -0.2) is 36.7 Å². The molecule has 1 aliphatic carbocycles. The van der Waals surface area contributed by atoms with Gasteiger partial charge in [0, 0.05) is 31.2 Å². The van der Waals surface area contributed by atoms with Crippen LogP contribution in [-0.2, 0) is 16.7 Å². The Bertz CT molecular complexity index is 780. The maximum atomic E-state index is 13.0. The zero-order valence-corrected chi connectivity index (χ0v) is 16.6. The third kappa shape index (κ3) is 3.66. The first-order chi connectivity index (χ1) is 13.7. The lowest BCUT2D eigenvalue weighted by Crippen LogP contribution is -2.46. The van der Waals surface area contributed by atoms with Crippen molar-refractivity contribution in [2.75, 3.05) is 19.8 Å². The molecule has 0 spiro atoms. The molecule has 28 heavy (non-hydrogen) atoms. The molecule has 4 nitrogen and oxygen atoms in total. The van der Waals surface area contributed by atoms with Crippen LogP contribution >= 0.6 is 0 Å². The number of ether oxygens (including phenoxy) is 1. The molecule has 1 saturated heterocycles. The van der Waals surface area contributed by atoms with Crippen molar-refractivity contribution in [3.05, 3.63) is 71.8 Å². The molecule has 148 valence electrons. The predicted octanol–water partition coefficient (Wildman–Crippen LogP) is 4.36. The second-order valence-electron chi connectivity index (χ2n) is 8.10. The summed E-state index contributed by atoms with van der Waals surface area (Å²) in [6, 6.07) is 21.3. The van der Waals surface area contributed by atoms with Crippen LogP contribution in [0.1, 0.15) is 37.3 Å². The fourth-order valence-corrected chi connectivity index (χ4v) is 5.12. The van der Waals surface area contributed by atoms with Gasteiger partial charge in [-0.2, -0.15) is 0 Å². The largest absolute Gasteiger partial charge is 0.381 e. The lowest BCUT2D eigenvalue weighted by atomic mass is 9.70. The van der Waals surface area contributed by atoms with E-state index in [0.717, 1.165) is 32.5 Å². The summed E-state index contributed by atoms with van der Waals surface area (Å²) in [6.45, 7) is 4.86. The maximum absolute atomic E-state index is 13.0. The average Bonchev–Trinajstić information content (AvgIpc) is 3.14. The van der Waals surface area contributed by atoms with E-state index in [2.05, 4.69) is 52.7 Å². The van der Waals surface area contributed by atoms with E-state index in [-0.39, 0.29) is 17.5 Å². The molecule has 0 radical (unpaired) electrons. The monoisotopic (exact) mass is 378 g/mol. The molecule has 4 heteroatoms. The van der Waals surface area contributed by atoms with Gasteiger partial charge in [-0.15, -0.1) is 0 Å². The molecule has 3 atom stereocenters. The minimum absolute atomic E-state index is 0.0195. The van der Waals surface area contributed by atoms with Gasteiger partial charge in [0.1, 0.15) is 0 Å². The standard InChI is InChI=1S/C24H30N2O2/c1-2-25-23(27)26(17-19-9-5-3-6-10-19)22-15-21-13-14-28-18-24(21,16-22)20-11-7-4-8-12-20/h3-12,21-22H,2,13-18H2,1H3,(H,25,27)/t21-,22+,24-/m1/s1.